The first-order chi connectivity index (χ1) is 27.7. The SMILES string of the molecule is c1cc(-c2ccc3cc(N(c4ccc(-c5ccc6ccccc6c5)cc4)c4ccc5c(ccc6ccccc65)c4)ccc3c2)cc(-c2cc3ccccc3o2)c1. The van der Waals surface area contributed by atoms with Gasteiger partial charge in [-0.1, -0.05) is 146 Å². The van der Waals surface area contributed by atoms with Crippen molar-refractivity contribution in [3.05, 3.63) is 212 Å². The van der Waals surface area contributed by atoms with Gasteiger partial charge in [0.05, 0.1) is 0 Å². The summed E-state index contributed by atoms with van der Waals surface area (Å²) in [7, 11) is 0. The predicted molar refractivity (Wildman–Crippen MR) is 237 cm³/mol. The summed E-state index contributed by atoms with van der Waals surface area (Å²) in [5.41, 5.74) is 10.0. The van der Waals surface area contributed by atoms with Crippen LogP contribution in [0.3, 0.4) is 0 Å². The molecule has 11 aromatic rings. The van der Waals surface area contributed by atoms with Crippen molar-refractivity contribution >= 4 is 71.1 Å². The Morgan fingerprint density at radius 2 is 0.786 bits per heavy atom. The Morgan fingerprint density at radius 1 is 0.268 bits per heavy atom. The van der Waals surface area contributed by atoms with E-state index in [0.717, 1.165) is 44.9 Å². The molecule has 1 heterocycles. The highest BCUT2D eigenvalue weighted by molar-refractivity contribution is 6.08. The maximum absolute atomic E-state index is 6.21. The summed E-state index contributed by atoms with van der Waals surface area (Å²) in [6.07, 6.45) is 0. The summed E-state index contributed by atoms with van der Waals surface area (Å²) in [6, 6.07) is 76.7. The minimum atomic E-state index is 0.880. The highest BCUT2D eigenvalue weighted by Gasteiger charge is 2.16. The molecule has 0 saturated carbocycles. The molecule has 11 rings (SSSR count). The topological polar surface area (TPSA) is 16.4 Å². The number of hydrogen-bond acceptors (Lipinski definition) is 2. The normalized spacial score (nSPS) is 11.6. The van der Waals surface area contributed by atoms with Crippen LogP contribution in [0.4, 0.5) is 17.1 Å². The summed E-state index contributed by atoms with van der Waals surface area (Å²) in [5, 5.41) is 11.0. The molecule has 0 aliphatic carbocycles. The van der Waals surface area contributed by atoms with Crippen molar-refractivity contribution in [2.45, 2.75) is 0 Å². The van der Waals surface area contributed by atoms with Gasteiger partial charge in [-0.15, -0.1) is 0 Å². The number of nitrogens with zero attached hydrogens (tertiary/aromatic N) is 1. The van der Waals surface area contributed by atoms with Gasteiger partial charge < -0.3 is 9.32 Å². The fourth-order valence-corrected chi connectivity index (χ4v) is 8.29. The molecule has 10 aromatic carbocycles. The smallest absolute Gasteiger partial charge is 0.135 e. The van der Waals surface area contributed by atoms with Gasteiger partial charge in [0, 0.05) is 28.0 Å². The van der Waals surface area contributed by atoms with Gasteiger partial charge in [-0.05, 0) is 132 Å². The monoisotopic (exact) mass is 713 g/mol. The lowest BCUT2D eigenvalue weighted by Crippen LogP contribution is -2.10. The summed E-state index contributed by atoms with van der Waals surface area (Å²) < 4.78 is 6.21. The average molecular weight is 714 g/mol. The van der Waals surface area contributed by atoms with Crippen molar-refractivity contribution in [1.29, 1.82) is 0 Å². The first kappa shape index (κ1) is 32.0. The van der Waals surface area contributed by atoms with E-state index in [0.29, 0.717) is 0 Å². The molecule has 0 unspecified atom stereocenters. The predicted octanol–water partition coefficient (Wildman–Crippen LogP) is 15.5. The third-order valence-corrected chi connectivity index (χ3v) is 11.2. The van der Waals surface area contributed by atoms with E-state index in [2.05, 4.69) is 199 Å². The molecule has 1 aromatic heterocycles. The van der Waals surface area contributed by atoms with Crippen LogP contribution < -0.4 is 4.90 Å². The first-order valence-electron chi connectivity index (χ1n) is 19.1. The molecule has 0 amide bonds. The zero-order valence-electron chi connectivity index (χ0n) is 30.6. The van der Waals surface area contributed by atoms with E-state index >= 15 is 0 Å². The molecule has 262 valence electrons. The van der Waals surface area contributed by atoms with Gasteiger partial charge >= 0.3 is 0 Å². The highest BCUT2D eigenvalue weighted by Crippen LogP contribution is 2.40. The maximum atomic E-state index is 6.21. The molecule has 2 heteroatoms. The number of hydrogen-bond donors (Lipinski definition) is 0. The number of para-hydroxylation sites is 1. The summed E-state index contributed by atoms with van der Waals surface area (Å²) in [5.74, 6) is 0.880. The lowest BCUT2D eigenvalue weighted by atomic mass is 9.98. The van der Waals surface area contributed by atoms with E-state index in [1.165, 1.54) is 59.8 Å². The van der Waals surface area contributed by atoms with Crippen LogP contribution >= 0.6 is 0 Å². The zero-order chi connectivity index (χ0) is 37.0. The van der Waals surface area contributed by atoms with Crippen molar-refractivity contribution < 1.29 is 4.42 Å². The van der Waals surface area contributed by atoms with Gasteiger partial charge in [-0.25, -0.2) is 0 Å². The molecule has 0 spiro atoms. The van der Waals surface area contributed by atoms with Crippen LogP contribution in [0.25, 0.3) is 87.6 Å². The molecule has 0 fully saturated rings. The largest absolute Gasteiger partial charge is 0.456 e. The first-order valence-corrected chi connectivity index (χ1v) is 19.1. The van der Waals surface area contributed by atoms with Crippen LogP contribution in [0.5, 0.6) is 0 Å². The molecule has 0 atom stereocenters. The van der Waals surface area contributed by atoms with Crippen molar-refractivity contribution in [3.63, 3.8) is 0 Å². The fourth-order valence-electron chi connectivity index (χ4n) is 8.29. The average Bonchev–Trinajstić information content (AvgIpc) is 3.71. The Labute approximate surface area is 325 Å². The Bertz CT molecular complexity index is 3230. The Kier molecular flexibility index (Phi) is 7.53. The van der Waals surface area contributed by atoms with Crippen LogP contribution in [0, 0.1) is 0 Å². The molecule has 56 heavy (non-hydrogen) atoms. The quantitative estimate of drug-likeness (QED) is 0.160. The molecule has 0 radical (unpaired) electrons. The minimum Gasteiger partial charge on any atom is -0.456 e. The van der Waals surface area contributed by atoms with Crippen molar-refractivity contribution in [1.82, 2.24) is 0 Å². The molecule has 2 nitrogen and oxygen atoms in total. The van der Waals surface area contributed by atoms with E-state index in [4.69, 9.17) is 4.42 Å². The van der Waals surface area contributed by atoms with Gasteiger partial charge in [-0.3, -0.25) is 0 Å². The number of furan rings is 1. The van der Waals surface area contributed by atoms with E-state index in [9.17, 15) is 0 Å². The summed E-state index contributed by atoms with van der Waals surface area (Å²) in [4.78, 5) is 2.38. The minimum absolute atomic E-state index is 0.880. The molecule has 0 bridgehead atoms. The van der Waals surface area contributed by atoms with E-state index in [-0.39, 0.29) is 0 Å². The Hall–Kier alpha value is -7.42. The second-order valence-electron chi connectivity index (χ2n) is 14.6. The van der Waals surface area contributed by atoms with Crippen LogP contribution in [0.1, 0.15) is 0 Å². The maximum Gasteiger partial charge on any atom is 0.135 e. The number of fused-ring (bicyclic) bond motifs is 6. The lowest BCUT2D eigenvalue weighted by Gasteiger charge is -2.26. The zero-order valence-corrected chi connectivity index (χ0v) is 30.6. The van der Waals surface area contributed by atoms with Crippen molar-refractivity contribution in [3.8, 4) is 33.6 Å². The second kappa shape index (κ2) is 13.2. The number of anilines is 3. The van der Waals surface area contributed by atoms with Crippen molar-refractivity contribution in [2.75, 3.05) is 4.90 Å². The van der Waals surface area contributed by atoms with E-state index in [1.54, 1.807) is 0 Å². The van der Waals surface area contributed by atoms with Gasteiger partial charge in [0.2, 0.25) is 0 Å². The molecular weight excluding hydrogens is 679 g/mol. The summed E-state index contributed by atoms with van der Waals surface area (Å²) in [6.45, 7) is 0. The van der Waals surface area contributed by atoms with Crippen LogP contribution in [-0.4, -0.2) is 0 Å². The van der Waals surface area contributed by atoms with Crippen LogP contribution in [0.15, 0.2) is 217 Å². The fraction of sp³-hybridized carbons (Fsp3) is 0. The second-order valence-corrected chi connectivity index (χ2v) is 14.6. The molecule has 0 saturated heterocycles. The van der Waals surface area contributed by atoms with Crippen molar-refractivity contribution in [2.24, 2.45) is 0 Å². The molecular formula is C54H35NO. The number of rotatable bonds is 6. The molecule has 0 aliphatic rings. The molecule has 0 aliphatic heterocycles. The van der Waals surface area contributed by atoms with Crippen LogP contribution in [-0.2, 0) is 0 Å². The van der Waals surface area contributed by atoms with Gasteiger partial charge in [0.25, 0.3) is 0 Å². The number of benzene rings is 10. The lowest BCUT2D eigenvalue weighted by molar-refractivity contribution is 0.631. The third-order valence-electron chi connectivity index (χ3n) is 11.2. The van der Waals surface area contributed by atoms with Gasteiger partial charge in [0.1, 0.15) is 11.3 Å². The highest BCUT2D eigenvalue weighted by atomic mass is 16.3. The third kappa shape index (κ3) is 5.68. The molecule has 0 N–H and O–H groups in total. The van der Waals surface area contributed by atoms with Crippen LogP contribution in [0.2, 0.25) is 0 Å². The Morgan fingerprint density at radius 3 is 1.62 bits per heavy atom. The standard InChI is InChI=1S/C54H35NO/c1-2-10-39-30-41(18-16-36(39)8-1)37-22-25-48(26-23-37)55(50-28-29-52-45(34-50)21-17-38-9-3-5-14-51(38)52)49-27-24-43-31-42(19-20-44(43)33-49)40-12-7-13-46(32-40)54-35-47-11-4-6-15-53(47)56-54/h1-35H. The van der Waals surface area contributed by atoms with Gasteiger partial charge in [0.15, 0.2) is 0 Å². The van der Waals surface area contributed by atoms with E-state index < -0.39 is 0 Å². The summed E-state index contributed by atoms with van der Waals surface area (Å²) >= 11 is 0. The van der Waals surface area contributed by atoms with Gasteiger partial charge in [-0.2, -0.15) is 0 Å². The van der Waals surface area contributed by atoms with E-state index in [1.807, 2.05) is 18.2 Å². The Balaban J connectivity index is 0.985.